The summed E-state index contributed by atoms with van der Waals surface area (Å²) in [6.07, 6.45) is 0. The first-order chi connectivity index (χ1) is 11.5. The number of urea groups is 1. The Morgan fingerprint density at radius 2 is 2.04 bits per heavy atom. The summed E-state index contributed by atoms with van der Waals surface area (Å²) in [7, 11) is 0. The number of aromatic nitrogens is 1. The maximum atomic E-state index is 12.5. The molecule has 0 radical (unpaired) electrons. The molecule has 24 heavy (non-hydrogen) atoms. The Morgan fingerprint density at radius 1 is 1.33 bits per heavy atom. The van der Waals surface area contributed by atoms with Gasteiger partial charge in [0.15, 0.2) is 5.76 Å². The maximum absolute atomic E-state index is 12.5. The van der Waals surface area contributed by atoms with Gasteiger partial charge in [-0.15, -0.1) is 0 Å². The van der Waals surface area contributed by atoms with Crippen LogP contribution in [0.3, 0.4) is 0 Å². The van der Waals surface area contributed by atoms with Crippen molar-refractivity contribution >= 4 is 23.3 Å². The maximum Gasteiger partial charge on any atom is 0.321 e. The normalized spacial score (nSPS) is 14.2. The molecule has 0 spiro atoms. The summed E-state index contributed by atoms with van der Waals surface area (Å²) in [5.41, 5.74) is 2.50. The largest absolute Gasteiger partial charge is 0.360 e. The molecule has 1 fully saturated rings. The number of carbonyl (C=O) groups is 2. The summed E-state index contributed by atoms with van der Waals surface area (Å²) in [5.74, 6) is 0.405. The summed E-state index contributed by atoms with van der Waals surface area (Å²) < 4.78 is 5.25. The summed E-state index contributed by atoms with van der Waals surface area (Å²) in [6, 6.07) is 7.07. The number of hydrogen-bond acceptors (Lipinski definition) is 4. The van der Waals surface area contributed by atoms with Crippen LogP contribution in [0.1, 0.15) is 41.6 Å². The zero-order valence-electron chi connectivity index (χ0n) is 13.9. The molecule has 1 aliphatic heterocycles. The van der Waals surface area contributed by atoms with E-state index in [1.807, 2.05) is 26.0 Å². The average Bonchev–Trinajstić information content (AvgIpc) is 3.14. The fourth-order valence-corrected chi connectivity index (χ4v) is 2.69. The number of aryl methyl sites for hydroxylation is 1. The van der Waals surface area contributed by atoms with Gasteiger partial charge in [-0.1, -0.05) is 19.0 Å². The molecule has 0 aliphatic carbocycles. The van der Waals surface area contributed by atoms with Crippen LogP contribution in [0, 0.1) is 6.92 Å². The zero-order valence-corrected chi connectivity index (χ0v) is 13.9. The van der Waals surface area contributed by atoms with E-state index in [0.717, 1.165) is 5.69 Å². The lowest BCUT2D eigenvalue weighted by Crippen LogP contribution is -2.27. The molecule has 7 heteroatoms. The number of amides is 3. The lowest BCUT2D eigenvalue weighted by atomic mass is 10.0. The predicted molar refractivity (Wildman–Crippen MR) is 90.5 cm³/mol. The highest BCUT2D eigenvalue weighted by molar-refractivity contribution is 6.06. The first-order valence-corrected chi connectivity index (χ1v) is 7.90. The van der Waals surface area contributed by atoms with Gasteiger partial charge >= 0.3 is 6.03 Å². The first kappa shape index (κ1) is 16.0. The fraction of sp³-hybridized carbons (Fsp3) is 0.353. The summed E-state index contributed by atoms with van der Waals surface area (Å²) >= 11 is 0. The van der Waals surface area contributed by atoms with Gasteiger partial charge in [0.05, 0.1) is 5.69 Å². The monoisotopic (exact) mass is 328 g/mol. The number of hydrogen-bond donors (Lipinski definition) is 2. The molecule has 2 heterocycles. The van der Waals surface area contributed by atoms with Gasteiger partial charge in [-0.3, -0.25) is 9.69 Å². The Balaban J connectivity index is 1.76. The summed E-state index contributed by atoms with van der Waals surface area (Å²) in [5, 5.41) is 9.50. The first-order valence-electron chi connectivity index (χ1n) is 7.90. The van der Waals surface area contributed by atoms with Gasteiger partial charge in [-0.25, -0.2) is 4.79 Å². The van der Waals surface area contributed by atoms with E-state index in [9.17, 15) is 9.59 Å². The number of benzene rings is 1. The molecule has 0 atom stereocenters. The lowest BCUT2D eigenvalue weighted by Gasteiger charge is -2.14. The highest BCUT2D eigenvalue weighted by Gasteiger charge is 2.23. The van der Waals surface area contributed by atoms with E-state index in [1.54, 1.807) is 24.0 Å². The van der Waals surface area contributed by atoms with Crippen LogP contribution in [-0.2, 0) is 0 Å². The van der Waals surface area contributed by atoms with Crippen LogP contribution in [0.2, 0.25) is 0 Å². The van der Waals surface area contributed by atoms with Crippen LogP contribution in [-0.4, -0.2) is 30.2 Å². The second kappa shape index (κ2) is 6.35. The van der Waals surface area contributed by atoms with Crippen LogP contribution in [0.4, 0.5) is 16.2 Å². The third kappa shape index (κ3) is 2.97. The molecule has 1 saturated heterocycles. The molecule has 0 unspecified atom stereocenters. The lowest BCUT2D eigenvalue weighted by molar-refractivity contribution is 0.102. The second-order valence-electron chi connectivity index (χ2n) is 6.05. The number of nitrogens with zero attached hydrogens (tertiary/aromatic N) is 2. The number of carbonyl (C=O) groups excluding carboxylic acids is 2. The van der Waals surface area contributed by atoms with Crippen molar-refractivity contribution in [2.45, 2.75) is 26.7 Å². The van der Waals surface area contributed by atoms with E-state index >= 15 is 0 Å². The van der Waals surface area contributed by atoms with E-state index in [-0.39, 0.29) is 17.9 Å². The minimum Gasteiger partial charge on any atom is -0.360 e. The number of nitrogens with one attached hydrogen (secondary N) is 2. The summed E-state index contributed by atoms with van der Waals surface area (Å²) in [6.45, 7) is 6.93. The molecule has 1 aliphatic rings. The van der Waals surface area contributed by atoms with Crippen molar-refractivity contribution in [3.05, 3.63) is 41.3 Å². The quantitative estimate of drug-likeness (QED) is 0.903. The van der Waals surface area contributed by atoms with Crippen LogP contribution in [0.5, 0.6) is 0 Å². The molecule has 0 bridgehead atoms. The van der Waals surface area contributed by atoms with Gasteiger partial charge in [-0.05, 0) is 31.2 Å². The third-order valence-electron chi connectivity index (χ3n) is 3.93. The smallest absolute Gasteiger partial charge is 0.321 e. The van der Waals surface area contributed by atoms with E-state index in [1.165, 1.54) is 0 Å². The van der Waals surface area contributed by atoms with Crippen LogP contribution < -0.4 is 15.5 Å². The SMILES string of the molecule is Cc1noc(C(C)C)c1C(=O)Nc1ccc(N2CCNC2=O)cc1. The average molecular weight is 328 g/mol. The van der Waals surface area contributed by atoms with Gasteiger partial charge in [-0.2, -0.15) is 0 Å². The van der Waals surface area contributed by atoms with Crippen LogP contribution in [0.25, 0.3) is 0 Å². The summed E-state index contributed by atoms with van der Waals surface area (Å²) in [4.78, 5) is 25.8. The number of anilines is 2. The van der Waals surface area contributed by atoms with E-state index in [0.29, 0.717) is 35.8 Å². The second-order valence-corrected chi connectivity index (χ2v) is 6.05. The Bertz CT molecular complexity index is 765. The molecule has 2 N–H and O–H groups in total. The van der Waals surface area contributed by atoms with Crippen molar-refractivity contribution in [1.29, 1.82) is 0 Å². The molecular weight excluding hydrogens is 308 g/mol. The highest BCUT2D eigenvalue weighted by Crippen LogP contribution is 2.24. The van der Waals surface area contributed by atoms with Gasteiger partial charge in [0, 0.05) is 30.4 Å². The van der Waals surface area contributed by atoms with Crippen molar-refractivity contribution in [3.63, 3.8) is 0 Å². The molecular formula is C17H20N4O3. The Kier molecular flexibility index (Phi) is 4.24. The molecule has 7 nitrogen and oxygen atoms in total. The Hall–Kier alpha value is -2.83. The molecule has 3 rings (SSSR count). The Morgan fingerprint density at radius 3 is 2.62 bits per heavy atom. The fourth-order valence-electron chi connectivity index (χ4n) is 2.69. The molecule has 1 aromatic heterocycles. The van der Waals surface area contributed by atoms with Gasteiger partial charge in [0.1, 0.15) is 5.56 Å². The minimum absolute atomic E-state index is 0.0722. The molecule has 1 aromatic carbocycles. The van der Waals surface area contributed by atoms with E-state index in [2.05, 4.69) is 15.8 Å². The topological polar surface area (TPSA) is 87.5 Å². The van der Waals surface area contributed by atoms with E-state index in [4.69, 9.17) is 4.52 Å². The standard InChI is InChI=1S/C17H20N4O3/c1-10(2)15-14(11(3)20-24-15)16(22)19-12-4-6-13(7-5-12)21-9-8-18-17(21)23/h4-7,10H,8-9H2,1-3H3,(H,18,23)(H,19,22). The van der Waals surface area contributed by atoms with Gasteiger partial charge in [0.25, 0.3) is 5.91 Å². The molecule has 3 amide bonds. The van der Waals surface area contributed by atoms with Crippen molar-refractivity contribution in [2.75, 3.05) is 23.3 Å². The van der Waals surface area contributed by atoms with Crippen LogP contribution in [0.15, 0.2) is 28.8 Å². The van der Waals surface area contributed by atoms with Gasteiger partial charge < -0.3 is 15.2 Å². The van der Waals surface area contributed by atoms with Crippen LogP contribution >= 0.6 is 0 Å². The van der Waals surface area contributed by atoms with Crippen molar-refractivity contribution in [3.8, 4) is 0 Å². The molecule has 126 valence electrons. The highest BCUT2D eigenvalue weighted by atomic mass is 16.5. The van der Waals surface area contributed by atoms with E-state index < -0.39 is 0 Å². The zero-order chi connectivity index (χ0) is 17.3. The van der Waals surface area contributed by atoms with Crippen molar-refractivity contribution < 1.29 is 14.1 Å². The predicted octanol–water partition coefficient (Wildman–Crippen LogP) is 2.89. The number of rotatable bonds is 4. The Labute approximate surface area is 140 Å². The van der Waals surface area contributed by atoms with Gasteiger partial charge in [0.2, 0.25) is 0 Å². The third-order valence-corrected chi connectivity index (χ3v) is 3.93. The molecule has 2 aromatic rings. The van der Waals surface area contributed by atoms with Crippen molar-refractivity contribution in [2.24, 2.45) is 0 Å². The van der Waals surface area contributed by atoms with Crippen molar-refractivity contribution in [1.82, 2.24) is 10.5 Å². The molecule has 0 saturated carbocycles. The minimum atomic E-state index is -0.246.